The van der Waals surface area contributed by atoms with Crippen LogP contribution in [-0.2, 0) is 11.2 Å². The van der Waals surface area contributed by atoms with Gasteiger partial charge in [0.2, 0.25) is 0 Å². The highest BCUT2D eigenvalue weighted by Crippen LogP contribution is 2.31. The van der Waals surface area contributed by atoms with Gasteiger partial charge in [0.15, 0.2) is 0 Å². The van der Waals surface area contributed by atoms with Crippen LogP contribution in [0.25, 0.3) is 0 Å². The number of aliphatic hydroxyl groups excluding tert-OH is 1. The topological polar surface area (TPSA) is 32.7 Å². The molecule has 118 valence electrons. The molecule has 3 saturated heterocycles. The molecule has 2 atom stereocenters. The number of ether oxygens (including phenoxy) is 1. The molecule has 2 unspecified atom stereocenters. The fourth-order valence-electron chi connectivity index (χ4n) is 3.52. The van der Waals surface area contributed by atoms with Gasteiger partial charge in [-0.05, 0) is 62.4 Å². The van der Waals surface area contributed by atoms with E-state index in [1.165, 1.54) is 5.56 Å². The van der Waals surface area contributed by atoms with Crippen molar-refractivity contribution in [1.29, 1.82) is 0 Å². The summed E-state index contributed by atoms with van der Waals surface area (Å²) in [5.41, 5.74) is 2.36. The van der Waals surface area contributed by atoms with Crippen molar-refractivity contribution in [3.05, 3.63) is 35.4 Å². The van der Waals surface area contributed by atoms with Gasteiger partial charge in [0, 0.05) is 19.3 Å². The van der Waals surface area contributed by atoms with Crippen LogP contribution in [0, 0.1) is 17.8 Å². The van der Waals surface area contributed by atoms with Crippen LogP contribution in [0.15, 0.2) is 24.3 Å². The van der Waals surface area contributed by atoms with E-state index in [4.69, 9.17) is 4.74 Å². The van der Waals surface area contributed by atoms with Crippen molar-refractivity contribution < 1.29 is 9.84 Å². The van der Waals surface area contributed by atoms with Crippen LogP contribution in [0.2, 0.25) is 0 Å². The molecule has 3 aliphatic heterocycles. The van der Waals surface area contributed by atoms with E-state index in [2.05, 4.69) is 41.0 Å². The summed E-state index contributed by atoms with van der Waals surface area (Å²) in [6, 6.07) is 8.47. The summed E-state index contributed by atoms with van der Waals surface area (Å²) in [5, 5.41) is 10.3. The van der Waals surface area contributed by atoms with Gasteiger partial charge >= 0.3 is 0 Å². The zero-order valence-corrected chi connectivity index (χ0v) is 13.3. The van der Waals surface area contributed by atoms with Crippen LogP contribution in [0.4, 0.5) is 0 Å². The third-order valence-electron chi connectivity index (χ3n) is 4.91. The molecule has 1 aromatic carbocycles. The molecule has 0 saturated carbocycles. The second kappa shape index (κ2) is 7.28. The zero-order chi connectivity index (χ0) is 15.4. The molecular weight excluding hydrogens is 274 g/mol. The van der Waals surface area contributed by atoms with Crippen molar-refractivity contribution >= 4 is 0 Å². The Morgan fingerprint density at radius 2 is 1.95 bits per heavy atom. The fourth-order valence-corrected chi connectivity index (χ4v) is 3.52. The molecule has 3 heterocycles. The number of benzene rings is 1. The summed E-state index contributed by atoms with van der Waals surface area (Å²) < 4.78 is 5.08. The van der Waals surface area contributed by atoms with Gasteiger partial charge in [0.25, 0.3) is 0 Å². The molecule has 0 aromatic heterocycles. The number of piperidine rings is 3. The first kappa shape index (κ1) is 15.6. The Morgan fingerprint density at radius 3 is 2.59 bits per heavy atom. The van der Waals surface area contributed by atoms with Gasteiger partial charge in [-0.2, -0.15) is 0 Å². The van der Waals surface area contributed by atoms with E-state index >= 15 is 0 Å². The van der Waals surface area contributed by atoms with E-state index in [0.717, 1.165) is 50.9 Å². The first-order valence-corrected chi connectivity index (χ1v) is 8.29. The minimum absolute atomic E-state index is 0.0221. The highest BCUT2D eigenvalue weighted by Gasteiger charge is 2.40. The largest absolute Gasteiger partial charge is 0.390 e. The van der Waals surface area contributed by atoms with E-state index in [1.54, 1.807) is 7.11 Å². The number of aliphatic hydroxyl groups is 1. The van der Waals surface area contributed by atoms with Crippen molar-refractivity contribution in [3.63, 3.8) is 0 Å². The summed E-state index contributed by atoms with van der Waals surface area (Å²) in [6.07, 6.45) is 4.05. The summed E-state index contributed by atoms with van der Waals surface area (Å²) in [6.45, 7) is 2.97. The summed E-state index contributed by atoms with van der Waals surface area (Å²) >= 11 is 0. The molecule has 4 rings (SSSR count). The molecule has 22 heavy (non-hydrogen) atoms. The normalized spacial score (nSPS) is 29.9. The Morgan fingerprint density at radius 1 is 1.23 bits per heavy atom. The Balaban J connectivity index is 1.61. The lowest BCUT2D eigenvalue weighted by atomic mass is 9.81. The number of methoxy groups -OCH3 is 1. The van der Waals surface area contributed by atoms with Gasteiger partial charge in [-0.15, -0.1) is 0 Å². The molecule has 0 spiro atoms. The number of nitrogens with zero attached hydrogens (tertiary/aromatic N) is 1. The van der Waals surface area contributed by atoms with Crippen molar-refractivity contribution in [1.82, 2.24) is 4.90 Å². The molecule has 3 nitrogen and oxygen atoms in total. The maximum absolute atomic E-state index is 10.3. The highest BCUT2D eigenvalue weighted by molar-refractivity contribution is 5.37. The maximum atomic E-state index is 10.3. The molecule has 1 N–H and O–H groups in total. The predicted octanol–water partition coefficient (Wildman–Crippen LogP) is 2.07. The lowest BCUT2D eigenvalue weighted by Gasteiger charge is -2.46. The third kappa shape index (κ3) is 3.52. The van der Waals surface area contributed by atoms with Crippen LogP contribution in [0.3, 0.4) is 0 Å². The van der Waals surface area contributed by atoms with Crippen molar-refractivity contribution in [2.75, 3.05) is 26.8 Å². The zero-order valence-electron chi connectivity index (χ0n) is 13.3. The molecule has 2 bridgehead atoms. The first-order valence-electron chi connectivity index (χ1n) is 8.29. The van der Waals surface area contributed by atoms with Gasteiger partial charge in [0.05, 0.1) is 12.1 Å². The van der Waals surface area contributed by atoms with Crippen LogP contribution in [0.5, 0.6) is 0 Å². The second-order valence-corrected chi connectivity index (χ2v) is 6.37. The molecule has 0 radical (unpaired) electrons. The number of fused-ring (bicyclic) bond motifs is 3. The third-order valence-corrected chi connectivity index (χ3v) is 4.91. The summed E-state index contributed by atoms with van der Waals surface area (Å²) in [5.74, 6) is 7.00. The summed E-state index contributed by atoms with van der Waals surface area (Å²) in [4.78, 5) is 2.33. The van der Waals surface area contributed by atoms with E-state index in [0.29, 0.717) is 5.92 Å². The van der Waals surface area contributed by atoms with Gasteiger partial charge in [-0.3, -0.25) is 4.90 Å². The van der Waals surface area contributed by atoms with E-state index < -0.39 is 0 Å². The Hall–Kier alpha value is -1.34. The monoisotopic (exact) mass is 299 g/mol. The van der Waals surface area contributed by atoms with Crippen LogP contribution in [0.1, 0.15) is 30.4 Å². The molecule has 3 fully saturated rings. The molecule has 3 aliphatic rings. The van der Waals surface area contributed by atoms with Crippen molar-refractivity contribution in [3.8, 4) is 11.8 Å². The fraction of sp³-hybridized carbons (Fsp3) is 0.579. The lowest BCUT2D eigenvalue weighted by molar-refractivity contribution is -0.0500. The lowest BCUT2D eigenvalue weighted by Crippen LogP contribution is -2.57. The van der Waals surface area contributed by atoms with Gasteiger partial charge in [-0.1, -0.05) is 24.0 Å². The van der Waals surface area contributed by atoms with Crippen LogP contribution >= 0.6 is 0 Å². The van der Waals surface area contributed by atoms with E-state index in [9.17, 15) is 5.11 Å². The molecule has 0 amide bonds. The number of rotatable bonds is 4. The molecular formula is C19H25NO2. The standard InChI is InChI=1S/C19H25NO2/c1-22-14-2-3-15-4-6-16(7-5-15)8-9-18-19(21)17-10-12-20(18)13-11-17/h4-7,17-19,21H,2-3,10-14H2,1H3. The quantitative estimate of drug-likeness (QED) is 0.682. The Labute approximate surface area is 133 Å². The number of aryl methyl sites for hydroxylation is 1. The van der Waals surface area contributed by atoms with E-state index in [-0.39, 0.29) is 12.1 Å². The second-order valence-electron chi connectivity index (χ2n) is 6.37. The predicted molar refractivity (Wildman–Crippen MR) is 87.6 cm³/mol. The van der Waals surface area contributed by atoms with Crippen molar-refractivity contribution in [2.45, 2.75) is 37.8 Å². The van der Waals surface area contributed by atoms with Crippen molar-refractivity contribution in [2.24, 2.45) is 5.92 Å². The van der Waals surface area contributed by atoms with E-state index in [1.807, 2.05) is 0 Å². The van der Waals surface area contributed by atoms with Gasteiger partial charge < -0.3 is 9.84 Å². The first-order chi connectivity index (χ1) is 10.8. The SMILES string of the molecule is COCCCc1ccc(C#CC2C(O)C3CCN2CC3)cc1. The average Bonchev–Trinajstić information content (AvgIpc) is 2.56. The average molecular weight is 299 g/mol. The smallest absolute Gasteiger partial charge is 0.0983 e. The van der Waals surface area contributed by atoms with Gasteiger partial charge in [-0.25, -0.2) is 0 Å². The Bertz CT molecular complexity index is 533. The summed E-state index contributed by atoms with van der Waals surface area (Å²) in [7, 11) is 1.74. The minimum atomic E-state index is -0.275. The highest BCUT2D eigenvalue weighted by atomic mass is 16.5. The maximum Gasteiger partial charge on any atom is 0.0983 e. The molecule has 3 heteroatoms. The Kier molecular flexibility index (Phi) is 5.15. The minimum Gasteiger partial charge on any atom is -0.390 e. The van der Waals surface area contributed by atoms with Gasteiger partial charge in [0.1, 0.15) is 0 Å². The molecule has 1 aromatic rings. The molecule has 0 aliphatic carbocycles. The number of hydrogen-bond donors (Lipinski definition) is 1. The van der Waals surface area contributed by atoms with Crippen LogP contribution in [-0.4, -0.2) is 49.0 Å². The number of hydrogen-bond acceptors (Lipinski definition) is 3. The van der Waals surface area contributed by atoms with Crippen LogP contribution < -0.4 is 0 Å².